The second-order valence-corrected chi connectivity index (χ2v) is 4.62. The van der Waals surface area contributed by atoms with Crippen LogP contribution in [0.5, 0.6) is 11.5 Å². The summed E-state index contributed by atoms with van der Waals surface area (Å²) in [5, 5.41) is 14.1. The van der Waals surface area contributed by atoms with E-state index in [1.807, 2.05) is 0 Å². The van der Waals surface area contributed by atoms with Crippen molar-refractivity contribution in [2.75, 3.05) is 0 Å². The number of halogens is 7. The van der Waals surface area contributed by atoms with Crippen LogP contribution in [0.25, 0.3) is 21.5 Å². The lowest BCUT2D eigenvalue weighted by Gasteiger charge is -2.12. The third kappa shape index (κ3) is 1.76. The van der Waals surface area contributed by atoms with E-state index in [2.05, 4.69) is 0 Å². The molecule has 2 nitrogen and oxygen atoms in total. The summed E-state index contributed by atoms with van der Waals surface area (Å²) in [6.07, 6.45) is 0. The highest BCUT2D eigenvalue weighted by Crippen LogP contribution is 2.42. The number of fused-ring (bicyclic) bond motifs is 2. The lowest BCUT2D eigenvalue weighted by atomic mass is 9.99. The summed E-state index contributed by atoms with van der Waals surface area (Å²) in [6, 6.07) is 0.322. The topological polar surface area (TPSA) is 40.5 Å². The van der Waals surface area contributed by atoms with Crippen molar-refractivity contribution in [1.82, 2.24) is 0 Å². The zero-order valence-corrected chi connectivity index (χ0v) is 10.6. The molecule has 0 spiro atoms. The van der Waals surface area contributed by atoms with Crippen molar-refractivity contribution in [3.8, 4) is 11.5 Å². The lowest BCUT2D eigenvalue weighted by Crippen LogP contribution is -2.00. The van der Waals surface area contributed by atoms with Gasteiger partial charge in [-0.3, -0.25) is 0 Å². The molecule has 9 heteroatoms. The summed E-state index contributed by atoms with van der Waals surface area (Å²) in [6.45, 7) is 0. The van der Waals surface area contributed by atoms with Gasteiger partial charge in [0.2, 0.25) is 11.6 Å². The van der Waals surface area contributed by atoms with Gasteiger partial charge in [-0.25, -0.2) is 22.0 Å². The highest BCUT2D eigenvalue weighted by Gasteiger charge is 2.28. The normalized spacial score (nSPS) is 11.6. The van der Waals surface area contributed by atoms with Gasteiger partial charge in [0.15, 0.2) is 34.8 Å². The fourth-order valence-electron chi connectivity index (χ4n) is 2.32. The zero-order chi connectivity index (χ0) is 17.2. The monoisotopic (exact) mass is 336 g/mol. The van der Waals surface area contributed by atoms with Gasteiger partial charge in [0.05, 0.1) is 10.8 Å². The smallest absolute Gasteiger partial charge is 0.204 e. The molecule has 0 atom stereocenters. The third-order valence-electron chi connectivity index (χ3n) is 3.40. The van der Waals surface area contributed by atoms with Gasteiger partial charge in [-0.15, -0.1) is 0 Å². The zero-order valence-electron chi connectivity index (χ0n) is 10.6. The Morgan fingerprint density at radius 1 is 0.478 bits per heavy atom. The van der Waals surface area contributed by atoms with Crippen molar-refractivity contribution < 1.29 is 40.9 Å². The molecule has 0 heterocycles. The minimum absolute atomic E-state index is 0.322. The van der Waals surface area contributed by atoms with Crippen LogP contribution in [0.3, 0.4) is 0 Å². The van der Waals surface area contributed by atoms with Crippen LogP contribution < -0.4 is 0 Å². The maximum Gasteiger partial charge on any atom is 0.204 e. The van der Waals surface area contributed by atoms with Crippen LogP contribution in [-0.4, -0.2) is 10.2 Å². The van der Waals surface area contributed by atoms with Crippen molar-refractivity contribution in [2.24, 2.45) is 0 Å². The predicted molar refractivity (Wildman–Crippen MR) is 64.5 cm³/mol. The molecule has 0 aromatic heterocycles. The van der Waals surface area contributed by atoms with Gasteiger partial charge < -0.3 is 10.2 Å². The van der Waals surface area contributed by atoms with Crippen molar-refractivity contribution in [2.45, 2.75) is 0 Å². The number of phenolic OH excluding ortho intramolecular Hbond substituents is 2. The number of hydrogen-bond acceptors (Lipinski definition) is 2. The van der Waals surface area contributed by atoms with Crippen LogP contribution >= 0.6 is 0 Å². The summed E-state index contributed by atoms with van der Waals surface area (Å²) in [5.41, 5.74) is 0. The molecule has 0 amide bonds. The largest absolute Gasteiger partial charge is 0.504 e. The SMILES string of the molecule is Oc1c(F)c(F)c(F)c2cc3c(F)c(F)c(F)c(O)c3c(F)c12. The van der Waals surface area contributed by atoms with Crippen molar-refractivity contribution >= 4 is 21.5 Å². The maximum atomic E-state index is 14.3. The third-order valence-corrected chi connectivity index (χ3v) is 3.40. The van der Waals surface area contributed by atoms with Crippen LogP contribution in [0.1, 0.15) is 0 Å². The minimum atomic E-state index is -2.17. The summed E-state index contributed by atoms with van der Waals surface area (Å²) < 4.78 is 94.9. The van der Waals surface area contributed by atoms with Crippen molar-refractivity contribution in [1.29, 1.82) is 0 Å². The minimum Gasteiger partial charge on any atom is -0.504 e. The number of hydrogen-bond donors (Lipinski definition) is 2. The molecule has 3 aromatic carbocycles. The average molecular weight is 336 g/mol. The van der Waals surface area contributed by atoms with Crippen LogP contribution in [-0.2, 0) is 0 Å². The fraction of sp³-hybridized carbons (Fsp3) is 0. The second kappa shape index (κ2) is 4.64. The van der Waals surface area contributed by atoms with Gasteiger partial charge >= 0.3 is 0 Å². The van der Waals surface area contributed by atoms with Crippen LogP contribution in [0.4, 0.5) is 30.7 Å². The molecule has 0 aliphatic carbocycles. The van der Waals surface area contributed by atoms with Gasteiger partial charge in [-0.05, 0) is 6.07 Å². The Balaban J connectivity index is 2.73. The Bertz CT molecular complexity index is 936. The molecule has 0 radical (unpaired) electrons. The van der Waals surface area contributed by atoms with E-state index in [1.165, 1.54) is 0 Å². The highest BCUT2D eigenvalue weighted by molar-refractivity contribution is 6.04. The summed E-state index contributed by atoms with van der Waals surface area (Å²) >= 11 is 0. The molecular formula is C14H3F7O2. The molecular weight excluding hydrogens is 333 g/mol. The van der Waals surface area contributed by atoms with Crippen LogP contribution in [0, 0.1) is 40.7 Å². The first-order valence-electron chi connectivity index (χ1n) is 5.85. The highest BCUT2D eigenvalue weighted by atomic mass is 19.2. The Labute approximate surface area is 122 Å². The van der Waals surface area contributed by atoms with E-state index in [-0.39, 0.29) is 0 Å². The number of aromatic hydroxyl groups is 2. The standard InChI is InChI=1S/C14H3F7O2/c15-6-2-1-3-5(14(23)12(21)10(19)7(3)16)8(17)4(2)13(22)11(20)9(6)18/h1,22-23H. The molecule has 0 saturated heterocycles. The van der Waals surface area contributed by atoms with E-state index < -0.39 is 73.8 Å². The number of benzene rings is 3. The molecule has 0 bridgehead atoms. The fourth-order valence-corrected chi connectivity index (χ4v) is 2.32. The molecule has 0 unspecified atom stereocenters. The van der Waals surface area contributed by atoms with Gasteiger partial charge in [0.25, 0.3) is 0 Å². The Morgan fingerprint density at radius 3 is 1.17 bits per heavy atom. The molecule has 3 rings (SSSR count). The van der Waals surface area contributed by atoms with E-state index in [9.17, 15) is 40.9 Å². The van der Waals surface area contributed by atoms with E-state index in [4.69, 9.17) is 0 Å². The van der Waals surface area contributed by atoms with Crippen LogP contribution in [0.2, 0.25) is 0 Å². The van der Waals surface area contributed by atoms with Crippen LogP contribution in [0.15, 0.2) is 6.07 Å². The summed E-state index contributed by atoms with van der Waals surface area (Å²) in [4.78, 5) is 0. The molecule has 23 heavy (non-hydrogen) atoms. The van der Waals surface area contributed by atoms with Crippen molar-refractivity contribution in [3.63, 3.8) is 0 Å². The average Bonchev–Trinajstić information content (AvgIpc) is 2.53. The van der Waals surface area contributed by atoms with Gasteiger partial charge in [-0.1, -0.05) is 0 Å². The number of rotatable bonds is 0. The predicted octanol–water partition coefficient (Wildman–Crippen LogP) is 4.38. The Morgan fingerprint density at radius 2 is 0.826 bits per heavy atom. The Hall–Kier alpha value is -2.71. The maximum absolute atomic E-state index is 14.3. The second-order valence-electron chi connectivity index (χ2n) is 4.62. The first kappa shape index (κ1) is 15.2. The number of phenols is 2. The van der Waals surface area contributed by atoms with Gasteiger partial charge in [-0.2, -0.15) is 8.78 Å². The van der Waals surface area contributed by atoms with E-state index >= 15 is 0 Å². The van der Waals surface area contributed by atoms with E-state index in [0.717, 1.165) is 0 Å². The molecule has 120 valence electrons. The first-order valence-corrected chi connectivity index (χ1v) is 5.85. The van der Waals surface area contributed by atoms with Gasteiger partial charge in [0, 0.05) is 10.8 Å². The molecule has 0 aliphatic heterocycles. The molecule has 0 aliphatic rings. The summed E-state index contributed by atoms with van der Waals surface area (Å²) in [7, 11) is 0. The van der Waals surface area contributed by atoms with Crippen molar-refractivity contribution in [3.05, 3.63) is 46.8 Å². The van der Waals surface area contributed by atoms with E-state index in [1.54, 1.807) is 0 Å². The van der Waals surface area contributed by atoms with E-state index in [0.29, 0.717) is 6.07 Å². The molecule has 0 saturated carbocycles. The van der Waals surface area contributed by atoms with Gasteiger partial charge in [0.1, 0.15) is 5.82 Å². The molecule has 0 fully saturated rings. The Kier molecular flexibility index (Phi) is 3.07. The lowest BCUT2D eigenvalue weighted by molar-refractivity contribution is 0.390. The molecule has 2 N–H and O–H groups in total. The quantitative estimate of drug-likeness (QED) is 0.363. The first-order chi connectivity index (χ1) is 10.7. The molecule has 3 aromatic rings. The summed E-state index contributed by atoms with van der Waals surface area (Å²) in [5.74, 6) is -17.7.